The summed E-state index contributed by atoms with van der Waals surface area (Å²) < 4.78 is 5.50. The molecule has 0 saturated carbocycles. The smallest absolute Gasteiger partial charge is 0.321 e. The van der Waals surface area contributed by atoms with Crippen molar-refractivity contribution in [2.24, 2.45) is 0 Å². The summed E-state index contributed by atoms with van der Waals surface area (Å²) >= 11 is 0. The van der Waals surface area contributed by atoms with Gasteiger partial charge in [0, 0.05) is 12.4 Å². The molecule has 0 aliphatic rings. The molecule has 0 spiro atoms. The van der Waals surface area contributed by atoms with Crippen molar-refractivity contribution in [2.45, 2.75) is 26.2 Å². The van der Waals surface area contributed by atoms with Crippen LogP contribution in [0, 0.1) is 0 Å². The van der Waals surface area contributed by atoms with Crippen LogP contribution in [0.1, 0.15) is 35.7 Å². The van der Waals surface area contributed by atoms with Gasteiger partial charge in [-0.3, -0.25) is 4.79 Å². The minimum Gasteiger partial charge on any atom is -0.424 e. The van der Waals surface area contributed by atoms with E-state index in [1.54, 1.807) is 0 Å². The van der Waals surface area contributed by atoms with Crippen molar-refractivity contribution in [1.82, 2.24) is 9.97 Å². The second-order valence-corrected chi connectivity index (χ2v) is 4.27. The van der Waals surface area contributed by atoms with Gasteiger partial charge in [0.05, 0.1) is 5.56 Å². The average molecular weight is 256 g/mol. The third-order valence-electron chi connectivity index (χ3n) is 2.74. The van der Waals surface area contributed by atoms with Gasteiger partial charge in [-0.25, -0.2) is 9.97 Å². The predicted molar refractivity (Wildman–Crippen MR) is 72.5 cm³/mol. The second kappa shape index (κ2) is 6.64. The molecule has 98 valence electrons. The number of hydrogen-bond donors (Lipinski definition) is 0. The Balaban J connectivity index is 1.99. The van der Waals surface area contributed by atoms with Crippen molar-refractivity contribution in [3.05, 3.63) is 47.8 Å². The van der Waals surface area contributed by atoms with E-state index in [0.29, 0.717) is 17.6 Å². The number of benzene rings is 1. The molecule has 2 rings (SSSR count). The molecular formula is C15H16N2O2. The van der Waals surface area contributed by atoms with E-state index in [0.717, 1.165) is 6.42 Å². The first-order valence-electron chi connectivity index (χ1n) is 6.36. The molecule has 0 bridgehead atoms. The fourth-order valence-electron chi connectivity index (χ4n) is 1.65. The van der Waals surface area contributed by atoms with Crippen LogP contribution < -0.4 is 4.74 Å². The standard InChI is InChI=1S/C15H16N2O2/c1-2-3-4-12-5-7-14(8-6-12)19-15-16-9-13(11-18)10-17-15/h5-11H,2-4H2,1H3. The van der Waals surface area contributed by atoms with Gasteiger partial charge in [0.25, 0.3) is 0 Å². The number of carbonyl (C=O) groups is 1. The topological polar surface area (TPSA) is 52.1 Å². The number of hydrogen-bond acceptors (Lipinski definition) is 4. The molecular weight excluding hydrogens is 240 g/mol. The highest BCUT2D eigenvalue weighted by atomic mass is 16.5. The molecule has 0 aliphatic carbocycles. The lowest BCUT2D eigenvalue weighted by atomic mass is 10.1. The SMILES string of the molecule is CCCCc1ccc(Oc2ncc(C=O)cn2)cc1. The molecule has 0 N–H and O–H groups in total. The Morgan fingerprint density at radius 3 is 2.42 bits per heavy atom. The summed E-state index contributed by atoms with van der Waals surface area (Å²) in [5, 5.41) is 0. The van der Waals surface area contributed by atoms with E-state index >= 15 is 0 Å². The quantitative estimate of drug-likeness (QED) is 0.743. The zero-order chi connectivity index (χ0) is 13.5. The Hall–Kier alpha value is -2.23. The third-order valence-corrected chi connectivity index (χ3v) is 2.74. The van der Waals surface area contributed by atoms with Crippen molar-refractivity contribution < 1.29 is 9.53 Å². The monoisotopic (exact) mass is 256 g/mol. The van der Waals surface area contributed by atoms with Gasteiger partial charge < -0.3 is 4.74 Å². The number of aldehydes is 1. The normalized spacial score (nSPS) is 10.2. The van der Waals surface area contributed by atoms with Crippen LogP contribution in [-0.4, -0.2) is 16.3 Å². The van der Waals surface area contributed by atoms with Crippen LogP contribution in [0.5, 0.6) is 11.8 Å². The maximum Gasteiger partial charge on any atom is 0.321 e. The highest BCUT2D eigenvalue weighted by Crippen LogP contribution is 2.18. The van der Waals surface area contributed by atoms with Crippen molar-refractivity contribution in [1.29, 1.82) is 0 Å². The van der Waals surface area contributed by atoms with E-state index < -0.39 is 0 Å². The number of rotatable bonds is 6. The number of carbonyl (C=O) groups excluding carboxylic acids is 1. The van der Waals surface area contributed by atoms with Crippen LogP contribution in [0.2, 0.25) is 0 Å². The summed E-state index contributed by atoms with van der Waals surface area (Å²) in [4.78, 5) is 18.4. The molecule has 1 aromatic heterocycles. The molecule has 19 heavy (non-hydrogen) atoms. The highest BCUT2D eigenvalue weighted by Gasteiger charge is 2.01. The maximum atomic E-state index is 10.5. The Morgan fingerprint density at radius 2 is 1.84 bits per heavy atom. The highest BCUT2D eigenvalue weighted by molar-refractivity contribution is 5.73. The summed E-state index contributed by atoms with van der Waals surface area (Å²) in [5.41, 5.74) is 1.73. The van der Waals surface area contributed by atoms with Gasteiger partial charge in [-0.1, -0.05) is 25.5 Å². The summed E-state index contributed by atoms with van der Waals surface area (Å²) in [6.07, 6.45) is 7.04. The molecule has 1 aromatic carbocycles. The molecule has 0 amide bonds. The van der Waals surface area contributed by atoms with Crippen molar-refractivity contribution in [3.63, 3.8) is 0 Å². The molecule has 0 fully saturated rings. The van der Waals surface area contributed by atoms with Gasteiger partial charge in [-0.05, 0) is 30.5 Å². The molecule has 0 unspecified atom stereocenters. The molecule has 1 heterocycles. The number of aromatic nitrogens is 2. The largest absolute Gasteiger partial charge is 0.424 e. The van der Waals surface area contributed by atoms with E-state index in [9.17, 15) is 4.79 Å². The molecule has 4 heteroatoms. The van der Waals surface area contributed by atoms with E-state index in [4.69, 9.17) is 4.74 Å². The van der Waals surface area contributed by atoms with E-state index in [-0.39, 0.29) is 6.01 Å². The van der Waals surface area contributed by atoms with Gasteiger partial charge >= 0.3 is 6.01 Å². The van der Waals surface area contributed by atoms with Gasteiger partial charge in [-0.15, -0.1) is 0 Å². The Kier molecular flexibility index (Phi) is 4.61. The van der Waals surface area contributed by atoms with Gasteiger partial charge in [0.2, 0.25) is 0 Å². The molecule has 4 nitrogen and oxygen atoms in total. The van der Waals surface area contributed by atoms with E-state index in [1.807, 2.05) is 24.3 Å². The first-order valence-corrected chi connectivity index (χ1v) is 6.36. The molecule has 0 atom stereocenters. The Morgan fingerprint density at radius 1 is 1.16 bits per heavy atom. The number of unbranched alkanes of at least 4 members (excludes halogenated alkanes) is 1. The van der Waals surface area contributed by atoms with Crippen LogP contribution >= 0.6 is 0 Å². The minimum absolute atomic E-state index is 0.243. The van der Waals surface area contributed by atoms with Crippen LogP contribution in [-0.2, 0) is 6.42 Å². The fourth-order valence-corrected chi connectivity index (χ4v) is 1.65. The fraction of sp³-hybridized carbons (Fsp3) is 0.267. The zero-order valence-corrected chi connectivity index (χ0v) is 10.9. The predicted octanol–water partition coefficient (Wildman–Crippen LogP) is 3.42. The summed E-state index contributed by atoms with van der Waals surface area (Å²) in [6, 6.07) is 8.14. The van der Waals surface area contributed by atoms with E-state index in [1.165, 1.54) is 30.8 Å². The van der Waals surface area contributed by atoms with Gasteiger partial charge in [-0.2, -0.15) is 0 Å². The number of aryl methyl sites for hydroxylation is 1. The van der Waals surface area contributed by atoms with Crippen molar-refractivity contribution >= 4 is 6.29 Å². The van der Waals surface area contributed by atoms with Crippen LogP contribution in [0.3, 0.4) is 0 Å². The first kappa shape index (κ1) is 13.2. The summed E-state index contributed by atoms with van der Waals surface area (Å²) in [6.45, 7) is 2.18. The number of nitrogens with zero attached hydrogens (tertiary/aromatic N) is 2. The van der Waals surface area contributed by atoms with Crippen LogP contribution in [0.4, 0.5) is 0 Å². The molecule has 0 aliphatic heterocycles. The van der Waals surface area contributed by atoms with Gasteiger partial charge in [0.1, 0.15) is 5.75 Å². The first-order chi connectivity index (χ1) is 9.31. The zero-order valence-electron chi connectivity index (χ0n) is 10.9. The summed E-state index contributed by atoms with van der Waals surface area (Å²) in [5.74, 6) is 0.694. The Bertz CT molecular complexity index is 521. The molecule has 0 saturated heterocycles. The van der Waals surface area contributed by atoms with Gasteiger partial charge in [0.15, 0.2) is 6.29 Å². The molecule has 2 aromatic rings. The van der Waals surface area contributed by atoms with Crippen LogP contribution in [0.15, 0.2) is 36.7 Å². The lowest BCUT2D eigenvalue weighted by Crippen LogP contribution is -1.93. The second-order valence-electron chi connectivity index (χ2n) is 4.27. The Labute approximate surface area is 112 Å². The van der Waals surface area contributed by atoms with Crippen LogP contribution in [0.25, 0.3) is 0 Å². The lowest BCUT2D eigenvalue weighted by Gasteiger charge is -2.05. The van der Waals surface area contributed by atoms with Crippen molar-refractivity contribution in [2.75, 3.05) is 0 Å². The van der Waals surface area contributed by atoms with Crippen molar-refractivity contribution in [3.8, 4) is 11.8 Å². The maximum absolute atomic E-state index is 10.5. The minimum atomic E-state index is 0.243. The molecule has 0 radical (unpaired) electrons. The third kappa shape index (κ3) is 3.88. The summed E-state index contributed by atoms with van der Waals surface area (Å²) in [7, 11) is 0. The lowest BCUT2D eigenvalue weighted by molar-refractivity contribution is 0.112. The van der Waals surface area contributed by atoms with E-state index in [2.05, 4.69) is 16.9 Å². The average Bonchev–Trinajstić information content (AvgIpc) is 2.47. The number of ether oxygens (including phenoxy) is 1.